The number of benzene rings is 7. The Kier molecular flexibility index (Phi) is 5.73. The number of rotatable bonds is 4. The molecule has 0 saturated heterocycles. The van der Waals surface area contributed by atoms with E-state index in [1.54, 1.807) is 0 Å². The van der Waals surface area contributed by atoms with E-state index in [0.29, 0.717) is 16.8 Å². The molecule has 10 rings (SSSR count). The maximum absolute atomic E-state index is 11.1. The Hall–Kier alpha value is -6.90. The normalized spacial score (nSPS) is 11.7. The van der Waals surface area contributed by atoms with Gasteiger partial charge in [-0.25, -0.2) is 0 Å². The van der Waals surface area contributed by atoms with Gasteiger partial charge in [0.05, 0.1) is 44.5 Å². The largest absolute Gasteiger partial charge is 0.309 e. The number of nitrogens with zero attached hydrogens (tertiary/aromatic N) is 4. The molecule has 0 spiro atoms. The second-order valence-electron chi connectivity index (χ2n) is 12.4. The highest BCUT2D eigenvalue weighted by atomic mass is 15.0. The number of aromatic nitrogens is 3. The van der Waals surface area contributed by atoms with Gasteiger partial charge in [-0.2, -0.15) is 5.26 Å². The van der Waals surface area contributed by atoms with Crippen LogP contribution in [0.4, 0.5) is 0 Å². The van der Waals surface area contributed by atoms with Gasteiger partial charge in [0.2, 0.25) is 0 Å². The van der Waals surface area contributed by atoms with Crippen LogP contribution in [0.15, 0.2) is 152 Å². The summed E-state index contributed by atoms with van der Waals surface area (Å²) in [5.41, 5.74) is 10.1. The number of hydrogen-bond donors (Lipinski definition) is 1. The minimum atomic E-state index is 0.516. The lowest BCUT2D eigenvalue weighted by Crippen LogP contribution is -2.07. The summed E-state index contributed by atoms with van der Waals surface area (Å²) in [7, 11) is 0. The second-order valence-corrected chi connectivity index (χ2v) is 12.4. The van der Waals surface area contributed by atoms with Crippen LogP contribution in [-0.2, 0) is 0 Å². The Morgan fingerprint density at radius 2 is 0.918 bits per heavy atom. The van der Waals surface area contributed by atoms with E-state index in [4.69, 9.17) is 5.41 Å². The summed E-state index contributed by atoms with van der Waals surface area (Å²) in [4.78, 5) is 0. The van der Waals surface area contributed by atoms with Crippen molar-refractivity contribution in [1.82, 2.24) is 13.7 Å². The first kappa shape index (κ1) is 27.2. The molecule has 228 valence electrons. The van der Waals surface area contributed by atoms with Gasteiger partial charge < -0.3 is 19.1 Å². The van der Waals surface area contributed by atoms with Crippen molar-refractivity contribution in [3.63, 3.8) is 0 Å². The lowest BCUT2D eigenvalue weighted by Gasteiger charge is -2.18. The molecule has 0 radical (unpaired) electrons. The Labute approximate surface area is 281 Å². The Morgan fingerprint density at radius 3 is 1.47 bits per heavy atom. The van der Waals surface area contributed by atoms with E-state index < -0.39 is 0 Å². The standard InChI is InChI=1S/C44H27N5/c45-26-28-22-23-39(34(27-46)44(28)49-35-18-8-4-14-30(35)31-15-5-9-19-36(31)49)48-38-21-11-7-17-33(38)43-41(48)25-24-40-42(43)32-16-6-10-20-37(32)47(40)29-12-2-1-3-13-29/h1-26,45H. The zero-order valence-electron chi connectivity index (χ0n) is 26.3. The lowest BCUT2D eigenvalue weighted by molar-refractivity contribution is 1.11. The molecule has 0 aliphatic heterocycles. The highest BCUT2D eigenvalue weighted by Gasteiger charge is 2.24. The zero-order valence-corrected chi connectivity index (χ0v) is 26.3. The van der Waals surface area contributed by atoms with Crippen LogP contribution in [0, 0.1) is 16.7 Å². The molecule has 0 fully saturated rings. The van der Waals surface area contributed by atoms with Crippen molar-refractivity contribution in [1.29, 1.82) is 10.7 Å². The van der Waals surface area contributed by atoms with E-state index in [2.05, 4.69) is 129 Å². The lowest BCUT2D eigenvalue weighted by atomic mass is 10.0. The van der Waals surface area contributed by atoms with Gasteiger partial charge in [0.15, 0.2) is 0 Å². The number of nitriles is 1. The third-order valence-corrected chi connectivity index (χ3v) is 9.99. The average Bonchev–Trinajstić information content (AvgIpc) is 3.80. The first-order valence-electron chi connectivity index (χ1n) is 16.4. The van der Waals surface area contributed by atoms with Crippen LogP contribution in [0.3, 0.4) is 0 Å². The second kappa shape index (κ2) is 10.3. The molecule has 3 heterocycles. The number of fused-ring (bicyclic) bond motifs is 10. The fourth-order valence-corrected chi connectivity index (χ4v) is 8.05. The fraction of sp³-hybridized carbons (Fsp3) is 0. The molecular weight excluding hydrogens is 599 g/mol. The molecule has 0 saturated carbocycles. The summed E-state index contributed by atoms with van der Waals surface area (Å²) in [6, 6.07) is 55.2. The van der Waals surface area contributed by atoms with Crippen LogP contribution in [0.2, 0.25) is 0 Å². The maximum atomic E-state index is 11.1. The molecule has 1 N–H and O–H groups in total. The van der Waals surface area contributed by atoms with Gasteiger partial charge in [0.25, 0.3) is 0 Å². The van der Waals surface area contributed by atoms with E-state index in [9.17, 15) is 5.26 Å². The first-order chi connectivity index (χ1) is 24.3. The molecular formula is C44H27N5. The maximum Gasteiger partial charge on any atom is 0.104 e. The van der Waals surface area contributed by atoms with Crippen LogP contribution >= 0.6 is 0 Å². The minimum Gasteiger partial charge on any atom is -0.309 e. The van der Waals surface area contributed by atoms with Crippen molar-refractivity contribution in [3.05, 3.63) is 163 Å². The molecule has 0 aliphatic carbocycles. The molecule has 3 aromatic heterocycles. The number of para-hydroxylation sites is 5. The van der Waals surface area contributed by atoms with Gasteiger partial charge in [0.1, 0.15) is 11.6 Å². The predicted molar refractivity (Wildman–Crippen MR) is 202 cm³/mol. The molecule has 7 aromatic carbocycles. The summed E-state index contributed by atoms with van der Waals surface area (Å²) >= 11 is 0. The van der Waals surface area contributed by atoms with E-state index in [1.807, 2.05) is 42.5 Å². The smallest absolute Gasteiger partial charge is 0.104 e. The third-order valence-electron chi connectivity index (χ3n) is 9.99. The third kappa shape index (κ3) is 3.66. The summed E-state index contributed by atoms with van der Waals surface area (Å²) in [5, 5.41) is 26.4. The minimum absolute atomic E-state index is 0.516. The van der Waals surface area contributed by atoms with Gasteiger partial charge in [-0.15, -0.1) is 0 Å². The first-order valence-corrected chi connectivity index (χ1v) is 16.4. The Morgan fingerprint density at radius 1 is 0.449 bits per heavy atom. The zero-order chi connectivity index (χ0) is 32.6. The number of nitrogens with one attached hydrogen (secondary N) is 1. The summed E-state index contributed by atoms with van der Waals surface area (Å²) in [5.74, 6) is 0. The van der Waals surface area contributed by atoms with Gasteiger partial charge in [0, 0.05) is 49.8 Å². The van der Waals surface area contributed by atoms with E-state index in [0.717, 1.165) is 66.0 Å². The monoisotopic (exact) mass is 625 g/mol. The molecule has 0 bridgehead atoms. The van der Waals surface area contributed by atoms with E-state index in [-0.39, 0.29) is 0 Å². The van der Waals surface area contributed by atoms with Gasteiger partial charge >= 0.3 is 0 Å². The highest BCUT2D eigenvalue weighted by molar-refractivity contribution is 6.29. The van der Waals surface area contributed by atoms with Crippen molar-refractivity contribution in [2.45, 2.75) is 0 Å². The van der Waals surface area contributed by atoms with Gasteiger partial charge in [-0.3, -0.25) is 0 Å². The van der Waals surface area contributed by atoms with Crippen LogP contribution in [0.1, 0.15) is 11.1 Å². The Balaban J connectivity index is 1.36. The van der Waals surface area contributed by atoms with Crippen LogP contribution in [0.25, 0.3) is 82.5 Å². The quantitative estimate of drug-likeness (QED) is 0.194. The summed E-state index contributed by atoms with van der Waals surface area (Å²) in [6.45, 7) is 0. The van der Waals surface area contributed by atoms with E-state index >= 15 is 0 Å². The van der Waals surface area contributed by atoms with E-state index in [1.165, 1.54) is 17.0 Å². The number of hydrogen-bond acceptors (Lipinski definition) is 2. The van der Waals surface area contributed by atoms with Crippen molar-refractivity contribution < 1.29 is 0 Å². The van der Waals surface area contributed by atoms with Crippen molar-refractivity contribution >= 4 is 71.6 Å². The van der Waals surface area contributed by atoms with Gasteiger partial charge in [-0.1, -0.05) is 91.0 Å². The molecule has 5 nitrogen and oxygen atoms in total. The van der Waals surface area contributed by atoms with Crippen molar-refractivity contribution in [2.24, 2.45) is 0 Å². The molecule has 0 unspecified atom stereocenters. The molecule has 0 amide bonds. The topological polar surface area (TPSA) is 62.4 Å². The predicted octanol–water partition coefficient (Wildman–Crippen LogP) is 10.8. The molecule has 5 heteroatoms. The van der Waals surface area contributed by atoms with Crippen LogP contribution in [-0.4, -0.2) is 19.9 Å². The average molecular weight is 626 g/mol. The van der Waals surface area contributed by atoms with Crippen molar-refractivity contribution in [2.75, 3.05) is 0 Å². The summed E-state index contributed by atoms with van der Waals surface area (Å²) in [6.07, 6.45) is 1.36. The molecule has 0 aliphatic rings. The fourth-order valence-electron chi connectivity index (χ4n) is 8.05. The molecule has 0 atom stereocenters. The highest BCUT2D eigenvalue weighted by Crippen LogP contribution is 2.43. The van der Waals surface area contributed by atoms with Crippen LogP contribution in [0.5, 0.6) is 0 Å². The Bertz CT molecular complexity index is 2970. The van der Waals surface area contributed by atoms with Crippen molar-refractivity contribution in [3.8, 4) is 23.1 Å². The molecule has 10 aromatic rings. The SMILES string of the molecule is N#Cc1c(-n2c3ccccc3c3c4c5ccccc5n(-c5ccccc5)c4ccc32)ccc(C=N)c1-n1c2ccccc2c2ccccc21. The van der Waals surface area contributed by atoms with Gasteiger partial charge in [-0.05, 0) is 60.7 Å². The van der Waals surface area contributed by atoms with Crippen LogP contribution < -0.4 is 0 Å². The summed E-state index contributed by atoms with van der Waals surface area (Å²) < 4.78 is 6.74. The molecule has 49 heavy (non-hydrogen) atoms.